The maximum absolute atomic E-state index is 9.60. The van der Waals surface area contributed by atoms with Crippen molar-refractivity contribution in [3.05, 3.63) is 145 Å². The van der Waals surface area contributed by atoms with E-state index in [9.17, 15) is 2.74 Å². The Bertz CT molecular complexity index is 2970. The van der Waals surface area contributed by atoms with E-state index in [1.54, 1.807) is 48.5 Å². The lowest BCUT2D eigenvalue weighted by Gasteiger charge is -2.18. The van der Waals surface area contributed by atoms with Crippen molar-refractivity contribution in [2.75, 3.05) is 0 Å². The first-order valence-electron chi connectivity index (χ1n) is 20.1. The van der Waals surface area contributed by atoms with Crippen LogP contribution in [0.15, 0.2) is 150 Å². The lowest BCUT2D eigenvalue weighted by atomic mass is 9.85. The molecule has 1 nitrogen and oxygen atoms in total. The van der Waals surface area contributed by atoms with Crippen LogP contribution in [0.4, 0.5) is 0 Å². The Morgan fingerprint density at radius 1 is 0.385 bits per heavy atom. The summed E-state index contributed by atoms with van der Waals surface area (Å²) < 4.78 is 145. The summed E-state index contributed by atoms with van der Waals surface area (Å²) in [6, 6.07) is 4.39. The predicted molar refractivity (Wildman–Crippen MR) is 165 cm³/mol. The van der Waals surface area contributed by atoms with Gasteiger partial charge in [-0.1, -0.05) is 121 Å². The van der Waals surface area contributed by atoms with E-state index in [1.165, 1.54) is 0 Å². The van der Waals surface area contributed by atoms with Crippen LogP contribution in [0.25, 0.3) is 76.9 Å². The molecule has 0 fully saturated rings. The van der Waals surface area contributed by atoms with Gasteiger partial charge in [0, 0.05) is 10.8 Å². The van der Waals surface area contributed by atoms with Gasteiger partial charge in [-0.25, -0.2) is 0 Å². The van der Waals surface area contributed by atoms with Crippen LogP contribution < -0.4 is 0 Å². The first-order valence-corrected chi connectivity index (χ1v) is 12.1. The number of para-hydroxylation sites is 1. The van der Waals surface area contributed by atoms with Crippen LogP contribution in [0.1, 0.15) is 21.9 Å². The highest BCUT2D eigenvalue weighted by molar-refractivity contribution is 6.21. The van der Waals surface area contributed by atoms with Crippen molar-refractivity contribution in [2.24, 2.45) is 0 Å². The molecule has 0 aliphatic carbocycles. The average Bonchev–Trinajstić information content (AvgIpc) is 3.59. The van der Waals surface area contributed by atoms with E-state index in [2.05, 4.69) is 0 Å². The topological polar surface area (TPSA) is 13.1 Å². The molecular formula is C38H24O. The molecule has 0 saturated carbocycles. The third kappa shape index (κ3) is 3.48. The van der Waals surface area contributed by atoms with Gasteiger partial charge in [0.2, 0.25) is 0 Å². The van der Waals surface area contributed by atoms with Crippen molar-refractivity contribution in [3.8, 4) is 33.4 Å². The highest BCUT2D eigenvalue weighted by Gasteiger charge is 2.17. The maximum Gasteiger partial charge on any atom is 0.136 e. The van der Waals surface area contributed by atoms with Gasteiger partial charge in [0.25, 0.3) is 0 Å². The lowest BCUT2D eigenvalue weighted by Crippen LogP contribution is -1.91. The van der Waals surface area contributed by atoms with Crippen LogP contribution in [0.2, 0.25) is 0 Å². The fourth-order valence-electron chi connectivity index (χ4n) is 5.06. The molecule has 8 rings (SSSR count). The summed E-state index contributed by atoms with van der Waals surface area (Å²) >= 11 is 0. The first-order chi connectivity index (χ1) is 26.0. The molecule has 0 radical (unpaired) electrons. The fraction of sp³-hybridized carbons (Fsp3) is 0. The molecule has 39 heavy (non-hydrogen) atoms. The van der Waals surface area contributed by atoms with Gasteiger partial charge in [0.05, 0.1) is 21.9 Å². The quantitative estimate of drug-likeness (QED) is 0.215. The Morgan fingerprint density at radius 3 is 1.64 bits per heavy atom. The van der Waals surface area contributed by atoms with E-state index < -0.39 is 108 Å². The van der Waals surface area contributed by atoms with Gasteiger partial charge in [-0.15, -0.1) is 0 Å². The zero-order valence-electron chi connectivity index (χ0n) is 36.0. The molecule has 0 unspecified atom stereocenters. The highest BCUT2D eigenvalue weighted by atomic mass is 16.3. The Morgan fingerprint density at radius 2 is 0.923 bits per heavy atom. The van der Waals surface area contributed by atoms with Gasteiger partial charge < -0.3 is 4.42 Å². The van der Waals surface area contributed by atoms with Gasteiger partial charge in [-0.3, -0.25) is 0 Å². The predicted octanol–water partition coefficient (Wildman–Crippen LogP) is 10.9. The normalized spacial score (nSPS) is 17.3. The number of rotatable bonds is 3. The first kappa shape index (κ1) is 11.3. The van der Waals surface area contributed by atoms with Crippen molar-refractivity contribution < 1.29 is 26.3 Å². The summed E-state index contributed by atoms with van der Waals surface area (Å²) in [5.74, 6) is 0. The second-order valence-corrected chi connectivity index (χ2v) is 8.85. The van der Waals surface area contributed by atoms with Crippen LogP contribution in [-0.2, 0) is 0 Å². The standard InChI is InChI=1S/C38H24O/c1-2-11-25(12-3-1)37-31-16-4-6-18-33(31)38(34-19-7-5-17-32(34)37)28-14-10-13-26(23-28)27-21-22-30-29-15-8-9-20-35(29)39-36(30)24-27/h1-24H/i1D,2D,3D,8D,9D,10D,11D,12D,13D,14D,15D,20D,21D,22D,23D,24D. The number of hydrogen-bond donors (Lipinski definition) is 0. The molecule has 7 aromatic carbocycles. The SMILES string of the molecule is [2H]c1c([2H])c([2H])c(-c2c3ccccc3c(-c3c([2H])c([2H])c([2H])c(-c4c([2H])c([2H])c5c(oc6c([2H])c([2H])c([2H])c([2H])c65)c4[2H])c3[2H])c3ccccc23)c([2H])c1[2H]. The van der Waals surface area contributed by atoms with E-state index >= 15 is 0 Å². The van der Waals surface area contributed by atoms with E-state index in [0.717, 1.165) is 0 Å². The molecule has 0 aliphatic rings. The molecule has 0 saturated heterocycles. The lowest BCUT2D eigenvalue weighted by molar-refractivity contribution is 0.669. The monoisotopic (exact) mass is 512 g/mol. The van der Waals surface area contributed by atoms with Gasteiger partial charge in [-0.05, 0) is 79.1 Å². The highest BCUT2D eigenvalue weighted by Crippen LogP contribution is 2.44. The molecule has 1 heterocycles. The van der Waals surface area contributed by atoms with Crippen LogP contribution in [0.3, 0.4) is 0 Å². The number of hydrogen-bond acceptors (Lipinski definition) is 1. The minimum Gasteiger partial charge on any atom is -0.456 e. The molecule has 0 N–H and O–H groups in total. The number of furan rings is 1. The minimum atomic E-state index is -0.677. The Hall–Kier alpha value is -5.14. The molecule has 1 aromatic heterocycles. The van der Waals surface area contributed by atoms with Crippen molar-refractivity contribution in [2.45, 2.75) is 0 Å². The van der Waals surface area contributed by atoms with E-state index in [0.29, 0.717) is 27.1 Å². The Balaban J connectivity index is 1.53. The zero-order chi connectivity index (χ0) is 39.7. The van der Waals surface area contributed by atoms with Gasteiger partial charge in [0.15, 0.2) is 0 Å². The van der Waals surface area contributed by atoms with Gasteiger partial charge in [0.1, 0.15) is 11.2 Å². The second-order valence-electron chi connectivity index (χ2n) is 8.85. The van der Waals surface area contributed by atoms with Crippen molar-refractivity contribution in [1.29, 1.82) is 0 Å². The van der Waals surface area contributed by atoms with Crippen LogP contribution in [0, 0.1) is 0 Å². The summed E-state index contributed by atoms with van der Waals surface area (Å²) in [6.07, 6.45) is 0. The van der Waals surface area contributed by atoms with Crippen molar-refractivity contribution in [3.63, 3.8) is 0 Å². The molecule has 182 valence electrons. The summed E-state index contributed by atoms with van der Waals surface area (Å²) in [5, 5.41) is 1.14. The van der Waals surface area contributed by atoms with E-state index in [-0.39, 0.29) is 38.6 Å². The second kappa shape index (κ2) is 8.72. The Kier molecular flexibility index (Phi) is 2.53. The fourth-order valence-corrected chi connectivity index (χ4v) is 5.06. The van der Waals surface area contributed by atoms with Crippen LogP contribution in [-0.4, -0.2) is 0 Å². The molecular weight excluding hydrogens is 472 g/mol. The summed E-state index contributed by atoms with van der Waals surface area (Å²) in [5.41, 5.74) is -1.26. The van der Waals surface area contributed by atoms with E-state index in [1.807, 2.05) is 0 Å². The molecule has 0 bridgehead atoms. The van der Waals surface area contributed by atoms with Crippen molar-refractivity contribution >= 4 is 43.5 Å². The molecule has 0 spiro atoms. The average molecular weight is 513 g/mol. The zero-order valence-corrected chi connectivity index (χ0v) is 20.0. The molecule has 1 heteroatoms. The van der Waals surface area contributed by atoms with Crippen molar-refractivity contribution in [1.82, 2.24) is 0 Å². The summed E-state index contributed by atoms with van der Waals surface area (Å²) in [4.78, 5) is 0. The Labute approximate surface area is 249 Å². The van der Waals surface area contributed by atoms with Gasteiger partial charge >= 0.3 is 0 Å². The summed E-state index contributed by atoms with van der Waals surface area (Å²) in [7, 11) is 0. The third-order valence-electron chi connectivity index (χ3n) is 6.69. The molecule has 0 amide bonds. The molecule has 0 aliphatic heterocycles. The summed E-state index contributed by atoms with van der Waals surface area (Å²) in [6.45, 7) is 0. The maximum atomic E-state index is 9.60. The number of fused-ring (bicyclic) bond motifs is 5. The number of benzene rings is 7. The van der Waals surface area contributed by atoms with Gasteiger partial charge in [-0.2, -0.15) is 0 Å². The third-order valence-corrected chi connectivity index (χ3v) is 6.69. The van der Waals surface area contributed by atoms with Crippen LogP contribution >= 0.6 is 0 Å². The molecule has 0 atom stereocenters. The molecule has 8 aromatic rings. The van der Waals surface area contributed by atoms with Crippen LogP contribution in [0.5, 0.6) is 0 Å². The van der Waals surface area contributed by atoms with E-state index in [4.69, 9.17) is 23.6 Å². The smallest absolute Gasteiger partial charge is 0.136 e. The largest absolute Gasteiger partial charge is 0.456 e. The minimum absolute atomic E-state index is 0.0629.